The van der Waals surface area contributed by atoms with Gasteiger partial charge in [-0.3, -0.25) is 0 Å². The Kier molecular flexibility index (Phi) is 4.88. The van der Waals surface area contributed by atoms with Crippen LogP contribution in [-0.2, 0) is 11.3 Å². The quantitative estimate of drug-likeness (QED) is 0.788. The molecule has 1 N–H and O–H groups in total. The molecule has 2 rings (SSSR count). The van der Waals surface area contributed by atoms with Gasteiger partial charge in [-0.25, -0.2) is 4.79 Å². The lowest BCUT2D eigenvalue weighted by atomic mass is 10.2. The fourth-order valence-electron chi connectivity index (χ4n) is 1.87. The van der Waals surface area contributed by atoms with Crippen molar-refractivity contribution in [3.05, 3.63) is 50.7 Å². The summed E-state index contributed by atoms with van der Waals surface area (Å²) >= 11 is 6.64. The van der Waals surface area contributed by atoms with Gasteiger partial charge in [-0.1, -0.05) is 30.3 Å². The summed E-state index contributed by atoms with van der Waals surface area (Å²) < 4.78 is 7.71. The number of halogens is 2. The predicted molar refractivity (Wildman–Crippen MR) is 83.0 cm³/mol. The Morgan fingerprint density at radius 2 is 1.95 bits per heavy atom. The van der Waals surface area contributed by atoms with E-state index in [0.29, 0.717) is 15.6 Å². The van der Waals surface area contributed by atoms with Crippen LogP contribution in [0.25, 0.3) is 0 Å². The molecule has 0 aliphatic rings. The zero-order valence-corrected chi connectivity index (χ0v) is 13.9. The molecule has 0 atom stereocenters. The van der Waals surface area contributed by atoms with Gasteiger partial charge in [0, 0.05) is 6.54 Å². The van der Waals surface area contributed by atoms with Gasteiger partial charge in [0.2, 0.25) is 0 Å². The standard InChI is InChI=1S/C14H13Br2NO3/c1-2-20-14(19)11-12(18)10(15)13(16)17(11)8-9-6-4-3-5-7-9/h3-7,18H,2,8H2,1H3. The second kappa shape index (κ2) is 6.45. The van der Waals surface area contributed by atoms with Gasteiger partial charge in [0.1, 0.15) is 4.60 Å². The maximum atomic E-state index is 12.0. The summed E-state index contributed by atoms with van der Waals surface area (Å²) in [7, 11) is 0. The van der Waals surface area contributed by atoms with Crippen LogP contribution in [0.3, 0.4) is 0 Å². The third-order valence-corrected chi connectivity index (χ3v) is 4.88. The van der Waals surface area contributed by atoms with Gasteiger partial charge >= 0.3 is 5.97 Å². The number of hydrogen-bond acceptors (Lipinski definition) is 3. The van der Waals surface area contributed by atoms with Crippen molar-refractivity contribution in [3.8, 4) is 5.75 Å². The molecule has 2 aromatic rings. The minimum absolute atomic E-state index is 0.119. The van der Waals surface area contributed by atoms with E-state index in [0.717, 1.165) is 5.56 Å². The first-order valence-corrected chi connectivity index (χ1v) is 7.62. The van der Waals surface area contributed by atoms with E-state index in [9.17, 15) is 9.90 Å². The Bertz CT molecular complexity index is 623. The van der Waals surface area contributed by atoms with E-state index in [1.165, 1.54) is 0 Å². The monoisotopic (exact) mass is 401 g/mol. The highest BCUT2D eigenvalue weighted by atomic mass is 79.9. The Morgan fingerprint density at radius 3 is 2.55 bits per heavy atom. The minimum Gasteiger partial charge on any atom is -0.504 e. The normalized spacial score (nSPS) is 10.6. The number of esters is 1. The lowest BCUT2D eigenvalue weighted by molar-refractivity contribution is 0.0510. The van der Waals surface area contributed by atoms with Gasteiger partial charge in [-0.05, 0) is 44.3 Å². The number of rotatable bonds is 4. The molecule has 1 aromatic carbocycles. The summed E-state index contributed by atoms with van der Waals surface area (Å²) in [5.41, 5.74) is 1.15. The van der Waals surface area contributed by atoms with Crippen LogP contribution in [0.15, 0.2) is 39.4 Å². The summed E-state index contributed by atoms with van der Waals surface area (Å²) in [5.74, 6) is -0.668. The molecule has 0 unspecified atom stereocenters. The number of carbonyl (C=O) groups is 1. The Balaban J connectivity index is 2.46. The van der Waals surface area contributed by atoms with E-state index in [4.69, 9.17) is 4.74 Å². The van der Waals surface area contributed by atoms with Crippen LogP contribution in [-0.4, -0.2) is 22.2 Å². The summed E-state index contributed by atoms with van der Waals surface area (Å²) in [4.78, 5) is 12.0. The van der Waals surface area contributed by atoms with E-state index in [1.54, 1.807) is 11.5 Å². The van der Waals surface area contributed by atoms with Crippen molar-refractivity contribution >= 4 is 37.8 Å². The molecule has 0 saturated heterocycles. The van der Waals surface area contributed by atoms with Crippen molar-refractivity contribution in [2.24, 2.45) is 0 Å². The molecule has 0 bridgehead atoms. The number of benzene rings is 1. The highest BCUT2D eigenvalue weighted by Gasteiger charge is 2.25. The first-order chi connectivity index (χ1) is 9.56. The molecule has 1 heterocycles. The van der Waals surface area contributed by atoms with Crippen LogP contribution in [0.4, 0.5) is 0 Å². The van der Waals surface area contributed by atoms with Gasteiger partial charge in [-0.15, -0.1) is 0 Å². The Hall–Kier alpha value is -1.27. The average Bonchev–Trinajstić information content (AvgIpc) is 2.65. The average molecular weight is 403 g/mol. The summed E-state index contributed by atoms with van der Waals surface area (Å²) in [6.45, 7) is 2.43. The van der Waals surface area contributed by atoms with Crippen molar-refractivity contribution in [2.45, 2.75) is 13.5 Å². The van der Waals surface area contributed by atoms with Crippen molar-refractivity contribution in [1.82, 2.24) is 4.57 Å². The fraction of sp³-hybridized carbons (Fsp3) is 0.214. The molecule has 6 heteroatoms. The smallest absolute Gasteiger partial charge is 0.358 e. The lowest BCUT2D eigenvalue weighted by Gasteiger charge is -2.10. The number of aromatic nitrogens is 1. The largest absolute Gasteiger partial charge is 0.504 e. The topological polar surface area (TPSA) is 51.5 Å². The molecular formula is C14H13Br2NO3. The van der Waals surface area contributed by atoms with Gasteiger partial charge in [0.25, 0.3) is 0 Å². The zero-order valence-electron chi connectivity index (χ0n) is 10.8. The number of ether oxygens (including phenoxy) is 1. The first-order valence-electron chi connectivity index (χ1n) is 6.03. The Morgan fingerprint density at radius 1 is 1.30 bits per heavy atom. The van der Waals surface area contributed by atoms with E-state index in [2.05, 4.69) is 31.9 Å². The van der Waals surface area contributed by atoms with E-state index in [-0.39, 0.29) is 18.1 Å². The first kappa shape index (κ1) is 15.1. The van der Waals surface area contributed by atoms with Gasteiger partial charge in [0.15, 0.2) is 11.4 Å². The molecule has 4 nitrogen and oxygen atoms in total. The molecule has 0 spiro atoms. The van der Waals surface area contributed by atoms with Crippen molar-refractivity contribution in [3.63, 3.8) is 0 Å². The zero-order chi connectivity index (χ0) is 14.7. The number of nitrogens with zero attached hydrogens (tertiary/aromatic N) is 1. The van der Waals surface area contributed by atoms with Crippen LogP contribution in [0, 0.1) is 0 Å². The maximum Gasteiger partial charge on any atom is 0.358 e. The Labute approximate surface area is 133 Å². The van der Waals surface area contributed by atoms with Crippen LogP contribution in [0.1, 0.15) is 23.0 Å². The van der Waals surface area contributed by atoms with E-state index < -0.39 is 5.97 Å². The van der Waals surface area contributed by atoms with Crippen molar-refractivity contribution < 1.29 is 14.6 Å². The summed E-state index contributed by atoms with van der Waals surface area (Å²) in [6, 6.07) is 9.67. The molecule has 0 aliphatic carbocycles. The number of carbonyl (C=O) groups excluding carboxylic acids is 1. The maximum absolute atomic E-state index is 12.0. The molecule has 0 aliphatic heterocycles. The third kappa shape index (κ3) is 2.91. The van der Waals surface area contributed by atoms with Crippen LogP contribution < -0.4 is 0 Å². The second-order valence-corrected chi connectivity index (χ2v) is 5.64. The highest BCUT2D eigenvalue weighted by molar-refractivity contribution is 9.13. The summed E-state index contributed by atoms with van der Waals surface area (Å²) in [5, 5.41) is 10.1. The molecule has 0 saturated carbocycles. The van der Waals surface area contributed by atoms with Gasteiger partial charge in [0.05, 0.1) is 11.1 Å². The van der Waals surface area contributed by atoms with E-state index >= 15 is 0 Å². The molecule has 0 fully saturated rings. The molecule has 20 heavy (non-hydrogen) atoms. The molecular weight excluding hydrogens is 390 g/mol. The highest BCUT2D eigenvalue weighted by Crippen LogP contribution is 2.38. The van der Waals surface area contributed by atoms with Crippen LogP contribution >= 0.6 is 31.9 Å². The number of hydrogen-bond donors (Lipinski definition) is 1. The third-order valence-electron chi connectivity index (χ3n) is 2.77. The molecule has 106 valence electrons. The minimum atomic E-state index is -0.549. The van der Waals surface area contributed by atoms with E-state index in [1.807, 2.05) is 30.3 Å². The van der Waals surface area contributed by atoms with Crippen LogP contribution in [0.5, 0.6) is 5.75 Å². The molecule has 1 aromatic heterocycles. The fourth-order valence-corrected chi connectivity index (χ4v) is 2.76. The van der Waals surface area contributed by atoms with Crippen molar-refractivity contribution in [1.29, 1.82) is 0 Å². The number of aromatic hydroxyl groups is 1. The van der Waals surface area contributed by atoms with Gasteiger partial charge in [-0.2, -0.15) is 0 Å². The molecule has 0 radical (unpaired) electrons. The van der Waals surface area contributed by atoms with Gasteiger partial charge < -0.3 is 14.4 Å². The van der Waals surface area contributed by atoms with Crippen LogP contribution in [0.2, 0.25) is 0 Å². The summed E-state index contributed by atoms with van der Waals surface area (Å²) in [6.07, 6.45) is 0. The van der Waals surface area contributed by atoms with Crippen molar-refractivity contribution in [2.75, 3.05) is 6.61 Å². The predicted octanol–water partition coefficient (Wildman–Crippen LogP) is 3.94. The molecule has 0 amide bonds. The second-order valence-electron chi connectivity index (χ2n) is 4.09. The SMILES string of the molecule is CCOC(=O)c1c(O)c(Br)c(Br)n1Cc1ccccc1. The lowest BCUT2D eigenvalue weighted by Crippen LogP contribution is -2.13.